The molecule has 0 aliphatic heterocycles. The van der Waals surface area contributed by atoms with Crippen molar-refractivity contribution in [2.24, 2.45) is 0 Å². The van der Waals surface area contributed by atoms with Crippen LogP contribution in [0.1, 0.15) is 25.7 Å². The molecule has 0 amide bonds. The van der Waals surface area contributed by atoms with Gasteiger partial charge in [0.1, 0.15) is 0 Å². The summed E-state index contributed by atoms with van der Waals surface area (Å²) in [4.78, 5) is 0. The zero-order valence-corrected chi connectivity index (χ0v) is 5.66. The molecule has 0 atom stereocenters. The van der Waals surface area contributed by atoms with Crippen LogP contribution in [-0.4, -0.2) is 23.3 Å². The molecule has 0 aromatic carbocycles. The minimum absolute atomic E-state index is 0. The van der Waals surface area contributed by atoms with Crippen LogP contribution >= 0.6 is 0 Å². The Labute approximate surface area is 83.1 Å². The molecular formula is C6H12AlF2Li. The second-order valence-corrected chi connectivity index (χ2v) is 2.24. The SMILES string of the molecule is FC1(F)C[CH-]CCC1.[AlH3].[Li+]. The van der Waals surface area contributed by atoms with Crippen molar-refractivity contribution in [3.05, 3.63) is 6.42 Å². The predicted molar refractivity (Wildman–Crippen MR) is 37.7 cm³/mol. The Kier molecular flexibility index (Phi) is 7.62. The summed E-state index contributed by atoms with van der Waals surface area (Å²) in [6.45, 7) is 0. The monoisotopic (exact) mass is 156 g/mol. The Morgan fingerprint density at radius 3 is 2.10 bits per heavy atom. The molecule has 0 radical (unpaired) electrons. The van der Waals surface area contributed by atoms with Crippen molar-refractivity contribution in [2.75, 3.05) is 0 Å². The van der Waals surface area contributed by atoms with E-state index in [0.717, 1.165) is 6.42 Å². The van der Waals surface area contributed by atoms with Gasteiger partial charge in [-0.2, -0.15) is 6.42 Å². The fourth-order valence-electron chi connectivity index (χ4n) is 0.920. The molecule has 0 bridgehead atoms. The number of alkyl halides is 2. The van der Waals surface area contributed by atoms with Crippen LogP contribution in [-0.2, 0) is 0 Å². The zero-order chi connectivity index (χ0) is 6.04. The van der Waals surface area contributed by atoms with E-state index in [1.807, 2.05) is 0 Å². The van der Waals surface area contributed by atoms with Gasteiger partial charge in [0, 0.05) is 6.42 Å². The first-order valence-corrected chi connectivity index (χ1v) is 2.90. The molecule has 4 heteroatoms. The van der Waals surface area contributed by atoms with Gasteiger partial charge in [-0.25, -0.2) is 8.78 Å². The predicted octanol–water partition coefficient (Wildman–Crippen LogP) is -1.78. The van der Waals surface area contributed by atoms with Gasteiger partial charge in [0.15, 0.2) is 17.4 Å². The average Bonchev–Trinajstić information content (AvgIpc) is 1.65. The molecule has 1 fully saturated rings. The molecule has 1 rings (SSSR count). The summed E-state index contributed by atoms with van der Waals surface area (Å²) in [7, 11) is 0. The summed E-state index contributed by atoms with van der Waals surface area (Å²) >= 11 is 0. The van der Waals surface area contributed by atoms with Crippen LogP contribution in [0.25, 0.3) is 0 Å². The van der Waals surface area contributed by atoms with Crippen LogP contribution in [0, 0.1) is 6.42 Å². The van der Waals surface area contributed by atoms with Crippen molar-refractivity contribution < 1.29 is 27.6 Å². The molecule has 0 unspecified atom stereocenters. The van der Waals surface area contributed by atoms with E-state index in [9.17, 15) is 8.78 Å². The third kappa shape index (κ3) is 4.75. The molecule has 0 saturated heterocycles. The van der Waals surface area contributed by atoms with Gasteiger partial charge in [-0.05, 0) is 0 Å². The molecule has 1 saturated carbocycles. The first-order chi connectivity index (χ1) is 3.71. The summed E-state index contributed by atoms with van der Waals surface area (Å²) < 4.78 is 24.3. The maximum atomic E-state index is 12.2. The van der Waals surface area contributed by atoms with Crippen LogP contribution in [0.2, 0.25) is 0 Å². The van der Waals surface area contributed by atoms with Crippen molar-refractivity contribution in [2.45, 2.75) is 31.6 Å². The van der Waals surface area contributed by atoms with Crippen LogP contribution in [0.3, 0.4) is 0 Å². The van der Waals surface area contributed by atoms with Gasteiger partial charge in [-0.3, -0.25) is 0 Å². The molecule has 1 aliphatic rings. The Morgan fingerprint density at radius 2 is 1.90 bits per heavy atom. The third-order valence-electron chi connectivity index (χ3n) is 1.39. The normalized spacial score (nSPS) is 22.2. The summed E-state index contributed by atoms with van der Waals surface area (Å²) in [5, 5.41) is 0. The zero-order valence-electron chi connectivity index (χ0n) is 5.66. The molecule has 10 heavy (non-hydrogen) atoms. The van der Waals surface area contributed by atoms with E-state index in [4.69, 9.17) is 0 Å². The second-order valence-electron chi connectivity index (χ2n) is 2.24. The Balaban J connectivity index is 0. The smallest absolute Gasteiger partial charge is 0.323 e. The van der Waals surface area contributed by atoms with E-state index < -0.39 is 5.92 Å². The van der Waals surface area contributed by atoms with Crippen molar-refractivity contribution in [3.8, 4) is 0 Å². The van der Waals surface area contributed by atoms with Gasteiger partial charge in [-0.1, -0.05) is 6.42 Å². The van der Waals surface area contributed by atoms with E-state index in [-0.39, 0.29) is 49.1 Å². The molecule has 54 valence electrons. The summed E-state index contributed by atoms with van der Waals surface area (Å²) in [6.07, 6.45) is 3.28. The Bertz CT molecular complexity index is 79.8. The topological polar surface area (TPSA) is 0 Å². The average molecular weight is 156 g/mol. The van der Waals surface area contributed by atoms with Crippen LogP contribution in [0.15, 0.2) is 0 Å². The van der Waals surface area contributed by atoms with Gasteiger partial charge in [0.05, 0.1) is 0 Å². The minimum Gasteiger partial charge on any atom is -0.323 e. The summed E-state index contributed by atoms with van der Waals surface area (Å²) in [5.74, 6) is -2.38. The molecule has 0 heterocycles. The van der Waals surface area contributed by atoms with Crippen molar-refractivity contribution in [1.29, 1.82) is 0 Å². The fourth-order valence-corrected chi connectivity index (χ4v) is 0.920. The summed E-state index contributed by atoms with van der Waals surface area (Å²) in [6, 6.07) is 0. The molecule has 0 spiro atoms. The Hall–Kier alpha value is 0.990. The van der Waals surface area contributed by atoms with E-state index >= 15 is 0 Å². The number of rotatable bonds is 0. The first-order valence-electron chi connectivity index (χ1n) is 2.90. The van der Waals surface area contributed by atoms with Gasteiger partial charge in [0.2, 0.25) is 5.92 Å². The fraction of sp³-hybridized carbons (Fsp3) is 0.833. The van der Waals surface area contributed by atoms with Gasteiger partial charge in [-0.15, -0.1) is 6.42 Å². The van der Waals surface area contributed by atoms with Crippen LogP contribution < -0.4 is 18.9 Å². The quantitative estimate of drug-likeness (QED) is 0.287. The molecule has 0 N–H and O–H groups in total. The number of halogens is 2. The third-order valence-corrected chi connectivity index (χ3v) is 1.39. The summed E-state index contributed by atoms with van der Waals surface area (Å²) in [5.41, 5.74) is 0. The largest absolute Gasteiger partial charge is 1.00 e. The van der Waals surface area contributed by atoms with Gasteiger partial charge >= 0.3 is 18.9 Å². The van der Waals surface area contributed by atoms with Crippen LogP contribution in [0.5, 0.6) is 0 Å². The van der Waals surface area contributed by atoms with E-state index in [1.54, 1.807) is 6.42 Å². The van der Waals surface area contributed by atoms with Crippen molar-refractivity contribution >= 4 is 17.4 Å². The van der Waals surface area contributed by atoms with E-state index in [0.29, 0.717) is 6.42 Å². The molecule has 1 aliphatic carbocycles. The van der Waals surface area contributed by atoms with E-state index in [1.165, 1.54) is 0 Å². The van der Waals surface area contributed by atoms with E-state index in [2.05, 4.69) is 0 Å². The molecule has 0 aromatic rings. The standard InChI is InChI=1S/C6H9F2.Al.Li.3H/c7-6(8)4-2-1-3-5-6;;;;;/h2H,1,3-5H2;;;;;/q-1;;+1;;;. The van der Waals surface area contributed by atoms with Crippen molar-refractivity contribution in [3.63, 3.8) is 0 Å². The maximum absolute atomic E-state index is 12.2. The molecule has 0 aromatic heterocycles. The second kappa shape index (κ2) is 5.62. The minimum atomic E-state index is -2.38. The molecular weight excluding hydrogens is 144 g/mol. The maximum Gasteiger partial charge on any atom is 1.00 e. The van der Waals surface area contributed by atoms with Gasteiger partial charge in [0.25, 0.3) is 0 Å². The number of hydrogen-bond donors (Lipinski definition) is 0. The Morgan fingerprint density at radius 1 is 1.30 bits per heavy atom. The number of hydrogen-bond acceptors (Lipinski definition) is 0. The van der Waals surface area contributed by atoms with Gasteiger partial charge < -0.3 is 6.42 Å². The van der Waals surface area contributed by atoms with Crippen LogP contribution in [0.4, 0.5) is 8.78 Å². The van der Waals surface area contributed by atoms with Crippen molar-refractivity contribution in [1.82, 2.24) is 0 Å². The first kappa shape index (κ1) is 13.6. The molecule has 0 nitrogen and oxygen atoms in total.